The molecule has 0 bridgehead atoms. The molecule has 0 radical (unpaired) electrons. The van der Waals surface area contributed by atoms with E-state index in [4.69, 9.17) is 16.7 Å². The number of aliphatic hydroxyl groups is 1. The van der Waals surface area contributed by atoms with Gasteiger partial charge in [0, 0.05) is 0 Å². The molecule has 0 spiro atoms. The first-order valence-corrected chi connectivity index (χ1v) is 2.24. The van der Waals surface area contributed by atoms with Crippen LogP contribution in [-0.2, 0) is 0 Å². The predicted octanol–water partition coefficient (Wildman–Crippen LogP) is 1.16. The fraction of sp³-hybridized carbons (Fsp3) is 1.00. The van der Waals surface area contributed by atoms with E-state index in [-0.39, 0.29) is 12.8 Å². The average molecular weight is 126 g/mol. The van der Waals surface area contributed by atoms with Gasteiger partial charge >= 0.3 is 0 Å². The van der Waals surface area contributed by atoms with Crippen molar-refractivity contribution >= 4 is 11.6 Å². The van der Waals surface area contributed by atoms with Crippen molar-refractivity contribution in [3.63, 3.8) is 0 Å². The van der Waals surface area contributed by atoms with Crippen molar-refractivity contribution in [2.75, 3.05) is 6.61 Å². The van der Waals surface area contributed by atoms with E-state index in [2.05, 4.69) is 0 Å². The van der Waals surface area contributed by atoms with Crippen molar-refractivity contribution in [2.24, 2.45) is 0 Å². The molecule has 0 aliphatic rings. The Morgan fingerprint density at radius 1 is 1.57 bits per heavy atom. The van der Waals surface area contributed by atoms with E-state index in [0.717, 1.165) is 0 Å². The molecule has 2 nitrogen and oxygen atoms in total. The van der Waals surface area contributed by atoms with E-state index >= 15 is 0 Å². The summed E-state index contributed by atoms with van der Waals surface area (Å²) >= 11 is 5.47. The van der Waals surface area contributed by atoms with E-state index in [9.17, 15) is 0 Å². The van der Waals surface area contributed by atoms with Crippen LogP contribution in [-0.4, -0.2) is 16.6 Å². The largest absolute Gasteiger partial charge is 0.395 e. The summed E-state index contributed by atoms with van der Waals surface area (Å²) in [5.41, 5.74) is 0. The van der Waals surface area contributed by atoms with Crippen LogP contribution in [0.25, 0.3) is 0 Å². The van der Waals surface area contributed by atoms with E-state index in [1.165, 1.54) is 0 Å². The molecular weight excluding hydrogens is 114 g/mol. The molecule has 0 aliphatic carbocycles. The highest BCUT2D eigenvalue weighted by Gasteiger charge is 2.08. The minimum atomic E-state index is -0.431. The fourth-order valence-electron chi connectivity index (χ4n) is 0. The van der Waals surface area contributed by atoms with Gasteiger partial charge in [0.25, 0.3) is 0 Å². The van der Waals surface area contributed by atoms with Crippen LogP contribution in [0.2, 0.25) is 0 Å². The summed E-state index contributed by atoms with van der Waals surface area (Å²) in [5, 5.41) is 8.27. The first kappa shape index (κ1) is 10.2. The fourth-order valence-corrected chi connectivity index (χ4v) is 0. The summed E-state index contributed by atoms with van der Waals surface area (Å²) in [4.78, 5) is -0.431. The van der Waals surface area contributed by atoms with Gasteiger partial charge in [-0.25, -0.2) is 0 Å². The third-order valence-electron chi connectivity index (χ3n) is 0.376. The molecule has 0 unspecified atom stereocenters. The third kappa shape index (κ3) is 10.7. The van der Waals surface area contributed by atoms with Crippen molar-refractivity contribution in [1.82, 2.24) is 6.15 Å². The molecular formula is C4H12ClNO. The smallest absolute Gasteiger partial charge is 0.0620 e. The van der Waals surface area contributed by atoms with Gasteiger partial charge in [0.15, 0.2) is 0 Å². The van der Waals surface area contributed by atoms with Gasteiger partial charge in [-0.1, -0.05) is 0 Å². The highest BCUT2D eigenvalue weighted by Crippen LogP contribution is 2.08. The Bertz CT molecular complexity index is 41.4. The van der Waals surface area contributed by atoms with E-state index in [1.807, 2.05) is 0 Å². The van der Waals surface area contributed by atoms with Gasteiger partial charge in [-0.05, 0) is 13.8 Å². The molecule has 46 valence electrons. The van der Waals surface area contributed by atoms with Crippen LogP contribution < -0.4 is 6.15 Å². The molecule has 0 amide bonds. The minimum Gasteiger partial charge on any atom is -0.395 e. The topological polar surface area (TPSA) is 55.2 Å². The monoisotopic (exact) mass is 125 g/mol. The molecule has 7 heavy (non-hydrogen) atoms. The molecule has 3 heteroatoms. The summed E-state index contributed by atoms with van der Waals surface area (Å²) < 4.78 is 0. The molecule has 0 saturated carbocycles. The number of rotatable bonds is 1. The molecule has 0 saturated heterocycles. The Kier molecular flexibility index (Phi) is 4.75. The summed E-state index contributed by atoms with van der Waals surface area (Å²) in [6, 6.07) is 0. The Morgan fingerprint density at radius 3 is 1.71 bits per heavy atom. The Balaban J connectivity index is 0. The van der Waals surface area contributed by atoms with Gasteiger partial charge in [0.05, 0.1) is 11.5 Å². The maximum atomic E-state index is 8.27. The summed E-state index contributed by atoms with van der Waals surface area (Å²) in [5.74, 6) is 0. The average Bonchev–Trinajstić information content (AvgIpc) is 1.35. The zero-order chi connectivity index (χ0) is 5.21. The lowest BCUT2D eigenvalue weighted by Gasteiger charge is -2.08. The zero-order valence-corrected chi connectivity index (χ0v) is 5.50. The molecule has 0 aromatic rings. The number of alkyl halides is 1. The lowest BCUT2D eigenvalue weighted by Crippen LogP contribution is -2.14. The molecule has 0 rings (SSSR count). The second kappa shape index (κ2) is 3.24. The second-order valence-electron chi connectivity index (χ2n) is 1.88. The van der Waals surface area contributed by atoms with E-state index in [1.54, 1.807) is 13.8 Å². The molecule has 0 fully saturated rings. The lowest BCUT2D eigenvalue weighted by atomic mass is 10.2. The van der Waals surface area contributed by atoms with Crippen LogP contribution in [0.1, 0.15) is 13.8 Å². The minimum absolute atomic E-state index is 0. The second-order valence-corrected chi connectivity index (χ2v) is 2.90. The van der Waals surface area contributed by atoms with Gasteiger partial charge in [0.1, 0.15) is 0 Å². The first-order valence-electron chi connectivity index (χ1n) is 1.86. The van der Waals surface area contributed by atoms with Crippen LogP contribution in [0, 0.1) is 0 Å². The first-order chi connectivity index (χ1) is 2.56. The molecule has 0 aromatic carbocycles. The van der Waals surface area contributed by atoms with Crippen LogP contribution >= 0.6 is 11.6 Å². The quantitative estimate of drug-likeness (QED) is 0.517. The van der Waals surface area contributed by atoms with Crippen LogP contribution in [0.3, 0.4) is 0 Å². The number of hydrogen-bond acceptors (Lipinski definition) is 2. The van der Waals surface area contributed by atoms with Gasteiger partial charge in [-0.2, -0.15) is 0 Å². The van der Waals surface area contributed by atoms with Gasteiger partial charge < -0.3 is 11.3 Å². The highest BCUT2D eigenvalue weighted by molar-refractivity contribution is 6.23. The maximum Gasteiger partial charge on any atom is 0.0620 e. The van der Waals surface area contributed by atoms with Gasteiger partial charge in [-0.15, -0.1) is 11.6 Å². The van der Waals surface area contributed by atoms with Crippen LogP contribution in [0.5, 0.6) is 0 Å². The SMILES string of the molecule is CC(C)(Cl)CO.N. The van der Waals surface area contributed by atoms with Crippen molar-refractivity contribution in [1.29, 1.82) is 0 Å². The predicted molar refractivity (Wildman–Crippen MR) is 32.0 cm³/mol. The van der Waals surface area contributed by atoms with Gasteiger partial charge in [0.2, 0.25) is 0 Å². The molecule has 0 heterocycles. The van der Waals surface area contributed by atoms with E-state index < -0.39 is 4.87 Å². The zero-order valence-electron chi connectivity index (χ0n) is 4.74. The Morgan fingerprint density at radius 2 is 1.71 bits per heavy atom. The number of aliphatic hydroxyl groups excluding tert-OH is 1. The van der Waals surface area contributed by atoms with Crippen molar-refractivity contribution in [3.8, 4) is 0 Å². The summed E-state index contributed by atoms with van der Waals surface area (Å²) in [7, 11) is 0. The maximum absolute atomic E-state index is 8.27. The molecule has 4 N–H and O–H groups in total. The van der Waals surface area contributed by atoms with Gasteiger partial charge in [-0.3, -0.25) is 0 Å². The summed E-state index contributed by atoms with van der Waals surface area (Å²) in [6.07, 6.45) is 0. The standard InChI is InChI=1S/C4H9ClO.H3N/c1-4(2,5)3-6;/h6H,3H2,1-2H3;1H3. The third-order valence-corrected chi connectivity index (χ3v) is 0.496. The van der Waals surface area contributed by atoms with Crippen molar-refractivity contribution in [2.45, 2.75) is 18.7 Å². The van der Waals surface area contributed by atoms with E-state index in [0.29, 0.717) is 0 Å². The van der Waals surface area contributed by atoms with Crippen LogP contribution in [0.4, 0.5) is 0 Å². The Labute approximate surface area is 49.1 Å². The lowest BCUT2D eigenvalue weighted by molar-refractivity contribution is 0.261. The number of hydrogen-bond donors (Lipinski definition) is 2. The van der Waals surface area contributed by atoms with Crippen molar-refractivity contribution in [3.05, 3.63) is 0 Å². The Hall–Kier alpha value is 0.210. The molecule has 0 aliphatic heterocycles. The normalized spacial score (nSPS) is 10.3. The van der Waals surface area contributed by atoms with Crippen LogP contribution in [0.15, 0.2) is 0 Å². The molecule has 0 aromatic heterocycles. The van der Waals surface area contributed by atoms with Crippen molar-refractivity contribution < 1.29 is 5.11 Å². The number of halogens is 1. The summed E-state index contributed by atoms with van der Waals surface area (Å²) in [6.45, 7) is 3.55. The highest BCUT2D eigenvalue weighted by atomic mass is 35.5. The molecule has 0 atom stereocenters.